The van der Waals surface area contributed by atoms with Gasteiger partial charge in [0.25, 0.3) is 0 Å². The van der Waals surface area contributed by atoms with Gasteiger partial charge >= 0.3 is 0 Å². The number of likely N-dealkylation sites (N-methyl/N-ethyl adjacent to an activating group) is 7. The third-order valence-corrected chi connectivity index (χ3v) is 16.3. The van der Waals surface area contributed by atoms with Crippen molar-refractivity contribution in [2.24, 2.45) is 47.3 Å². The van der Waals surface area contributed by atoms with E-state index in [1.807, 2.05) is 61.5 Å². The lowest BCUT2D eigenvalue weighted by atomic mass is 9.91. The third kappa shape index (κ3) is 21.6. The minimum Gasteiger partial charge on any atom is -0.390 e. The predicted octanol–water partition coefficient (Wildman–Crippen LogP) is 3.52. The van der Waals surface area contributed by atoms with Gasteiger partial charge in [0.05, 0.1) is 12.6 Å². The highest BCUT2D eigenvalue weighted by Crippen LogP contribution is 2.26. The smallest absolute Gasteiger partial charge is 0.246 e. The summed E-state index contributed by atoms with van der Waals surface area (Å²) in [5.41, 5.74) is 0. The summed E-state index contributed by atoms with van der Waals surface area (Å²) in [6.07, 6.45) is 3.00. The van der Waals surface area contributed by atoms with Crippen molar-refractivity contribution in [2.75, 3.05) is 55.9 Å². The topological polar surface area (TPSA) is 279 Å². The Labute approximate surface area is 515 Å². The summed E-state index contributed by atoms with van der Waals surface area (Å²) in [7, 11) is 9.93. The molecular weight excluding hydrogens is 1100 g/mol. The van der Waals surface area contributed by atoms with E-state index in [4.69, 9.17) is 0 Å². The Morgan fingerprint density at radius 3 is 1.23 bits per heavy atom. The van der Waals surface area contributed by atoms with Crippen molar-refractivity contribution in [1.82, 2.24) is 55.6 Å². The van der Waals surface area contributed by atoms with E-state index in [-0.39, 0.29) is 49.4 Å². The van der Waals surface area contributed by atoms with E-state index < -0.39 is 162 Å². The third-order valence-electron chi connectivity index (χ3n) is 16.3. The molecule has 0 aromatic heterocycles. The summed E-state index contributed by atoms with van der Waals surface area (Å²) in [5.74, 6) is -10.3. The normalized spacial score (nSPS) is 26.8. The molecule has 0 saturated carbocycles. The highest BCUT2D eigenvalue weighted by molar-refractivity contribution is 5.99. The quantitative estimate of drug-likeness (QED) is 0.147. The first-order valence-corrected chi connectivity index (χ1v) is 30.9. The Morgan fingerprint density at radius 1 is 0.419 bits per heavy atom. The molecule has 0 bridgehead atoms. The van der Waals surface area contributed by atoms with Crippen LogP contribution < -0.4 is 21.3 Å². The Kier molecular flexibility index (Phi) is 31.7. The van der Waals surface area contributed by atoms with Gasteiger partial charge in [-0.1, -0.05) is 116 Å². The number of hydrogen-bond donors (Lipinski definition) is 5. The fraction of sp³-hybridized carbons (Fsp3) is 0.794. The zero-order chi connectivity index (χ0) is 66.8. The Morgan fingerprint density at radius 2 is 0.791 bits per heavy atom. The number of allylic oxidation sites excluding steroid dienone is 2. The molecule has 0 aromatic rings. The van der Waals surface area contributed by atoms with Crippen molar-refractivity contribution >= 4 is 65.0 Å². The number of carbonyl (C=O) groups excluding carboxylic acids is 11. The predicted molar refractivity (Wildman–Crippen MR) is 333 cm³/mol. The van der Waals surface area contributed by atoms with Gasteiger partial charge in [-0.2, -0.15) is 0 Å². The zero-order valence-corrected chi connectivity index (χ0v) is 56.9. The molecule has 1 aliphatic rings. The standard InChI is InChI=1S/C63H113N11O12/c1-26-27-28-41(16)53(76)52-57(80)67-49(38(10)11)61(84)68(19)33-48(75)69(20)44(29-34(2)3)56(79)66-50(39(12)13)62(85)70(21)45(30-35(4)5)55(78)64-42(17)54(77)65-43(18)58(81)71(22)46(31-36(6)7)59(82)72(23)47(32-37(8)9)60(83)73(24)51(40(14)15)63(86)74(52)25/h26-27,34-47,49-53,76H,28-33H2,1-25H3,(H,64,78)(H,65,77)(H,66,79)(H,67,80)/b27-26+/t41-,42-,43+,44+,45-,46-,47-,49-,50-,51-,52-,53-/m1/s1. The van der Waals surface area contributed by atoms with Gasteiger partial charge in [0.2, 0.25) is 65.0 Å². The minimum absolute atomic E-state index is 0.131. The number of hydrogen-bond acceptors (Lipinski definition) is 12. The second-order valence-corrected chi connectivity index (χ2v) is 26.9. The van der Waals surface area contributed by atoms with Crippen LogP contribution in [0.25, 0.3) is 0 Å². The number of nitrogens with one attached hydrogen (secondary N) is 4. The van der Waals surface area contributed by atoms with Crippen LogP contribution in [-0.2, 0) is 52.7 Å². The van der Waals surface area contributed by atoms with Crippen LogP contribution >= 0.6 is 0 Å². The molecule has 23 nitrogen and oxygen atoms in total. The highest BCUT2D eigenvalue weighted by Gasteiger charge is 2.46. The molecule has 0 aliphatic carbocycles. The number of nitrogens with zero attached hydrogens (tertiary/aromatic N) is 7. The molecule has 0 aromatic carbocycles. The van der Waals surface area contributed by atoms with Crippen molar-refractivity contribution in [2.45, 2.75) is 223 Å². The van der Waals surface area contributed by atoms with Gasteiger partial charge in [-0.25, -0.2) is 0 Å². The number of carbonyl (C=O) groups is 11. The summed E-state index contributed by atoms with van der Waals surface area (Å²) in [4.78, 5) is 169. The van der Waals surface area contributed by atoms with Gasteiger partial charge < -0.3 is 60.7 Å². The van der Waals surface area contributed by atoms with Gasteiger partial charge in [-0.15, -0.1) is 0 Å². The van der Waals surface area contributed by atoms with Crippen molar-refractivity contribution in [3.05, 3.63) is 12.2 Å². The van der Waals surface area contributed by atoms with Gasteiger partial charge in [-0.05, 0) is 100 Å². The first kappa shape index (κ1) is 77.9. The first-order valence-electron chi connectivity index (χ1n) is 30.9. The molecular formula is C63H113N11O12. The monoisotopic (exact) mass is 1220 g/mol. The van der Waals surface area contributed by atoms with Crippen LogP contribution in [0.1, 0.15) is 157 Å². The average molecular weight is 1220 g/mol. The molecule has 12 atom stereocenters. The molecule has 86 heavy (non-hydrogen) atoms. The molecule has 5 N–H and O–H groups in total. The summed E-state index contributed by atoms with van der Waals surface area (Å²) in [6.45, 7) is 31.1. The molecule has 0 radical (unpaired) electrons. The van der Waals surface area contributed by atoms with Crippen LogP contribution in [0.5, 0.6) is 0 Å². The van der Waals surface area contributed by atoms with Gasteiger partial charge in [0.1, 0.15) is 60.4 Å². The largest absolute Gasteiger partial charge is 0.390 e. The van der Waals surface area contributed by atoms with Crippen molar-refractivity contribution < 1.29 is 57.8 Å². The van der Waals surface area contributed by atoms with E-state index in [9.17, 15) is 48.3 Å². The van der Waals surface area contributed by atoms with E-state index >= 15 is 9.59 Å². The van der Waals surface area contributed by atoms with Crippen molar-refractivity contribution in [3.63, 3.8) is 0 Å². The summed E-state index contributed by atoms with van der Waals surface area (Å²) >= 11 is 0. The minimum atomic E-state index is -1.62. The van der Waals surface area contributed by atoms with Gasteiger partial charge in [0.15, 0.2) is 0 Å². The fourth-order valence-electron chi connectivity index (χ4n) is 10.8. The molecule has 11 amide bonds. The molecule has 23 heteroatoms. The molecule has 1 fully saturated rings. The molecule has 1 rings (SSSR count). The Balaban J connectivity index is 4.37. The van der Waals surface area contributed by atoms with Crippen LogP contribution in [0.4, 0.5) is 0 Å². The average Bonchev–Trinajstić information content (AvgIpc) is 2.16. The number of aliphatic hydroxyl groups is 1. The van der Waals surface area contributed by atoms with Crippen molar-refractivity contribution in [1.29, 1.82) is 0 Å². The maximum absolute atomic E-state index is 15.2. The first-order chi connectivity index (χ1) is 39.6. The molecule has 1 aliphatic heterocycles. The summed E-state index contributed by atoms with van der Waals surface area (Å²) in [5, 5.41) is 23.2. The number of aliphatic hydroxyl groups excluding tert-OH is 1. The molecule has 0 spiro atoms. The van der Waals surface area contributed by atoms with E-state index in [2.05, 4.69) is 21.3 Å². The second-order valence-electron chi connectivity index (χ2n) is 26.9. The summed E-state index contributed by atoms with van der Waals surface area (Å²) in [6, 6.07) is -12.4. The second kappa shape index (κ2) is 35.0. The molecule has 1 saturated heterocycles. The number of rotatable bonds is 15. The molecule has 0 unspecified atom stereocenters. The lowest BCUT2D eigenvalue weighted by Gasteiger charge is -2.41. The highest BCUT2D eigenvalue weighted by atomic mass is 16.3. The van der Waals surface area contributed by atoms with E-state index in [1.54, 1.807) is 61.5 Å². The SMILES string of the molecule is C/C=C/C[C@@H](C)[C@@H](O)[C@@H]1C(=O)N[C@H](C(C)C)C(=O)N(C)CC(=O)N(C)[C@@H](CC(C)C)C(=O)N[C@H](C(C)C)C(=O)N(C)[C@H](CC(C)C)C(=O)N[C@H](C)C(=O)N[C@@H](C)C(=O)N(C)[C@H](CC(C)C)C(=O)N(C)[C@H](CC(C)C)C(=O)N(C)[C@H](C(C)C)C(=O)N1C. The molecule has 492 valence electrons. The van der Waals surface area contributed by atoms with Crippen molar-refractivity contribution in [3.8, 4) is 0 Å². The maximum Gasteiger partial charge on any atom is 0.246 e. The van der Waals surface area contributed by atoms with E-state index in [1.165, 1.54) is 87.7 Å². The van der Waals surface area contributed by atoms with Crippen LogP contribution in [0.2, 0.25) is 0 Å². The number of amides is 11. The molecule has 1 heterocycles. The van der Waals surface area contributed by atoms with Crippen LogP contribution in [-0.4, -0.2) is 227 Å². The lowest BCUT2D eigenvalue weighted by molar-refractivity contribution is -0.157. The maximum atomic E-state index is 15.2. The van der Waals surface area contributed by atoms with E-state index in [0.717, 1.165) is 9.80 Å². The van der Waals surface area contributed by atoms with Gasteiger partial charge in [0, 0.05) is 49.3 Å². The van der Waals surface area contributed by atoms with E-state index in [0.29, 0.717) is 6.42 Å². The van der Waals surface area contributed by atoms with Crippen LogP contribution in [0, 0.1) is 47.3 Å². The lowest BCUT2D eigenvalue weighted by Crippen LogP contribution is -2.64. The Bertz CT molecular complexity index is 2360. The summed E-state index contributed by atoms with van der Waals surface area (Å²) < 4.78 is 0. The zero-order valence-electron chi connectivity index (χ0n) is 56.9. The fourth-order valence-corrected chi connectivity index (χ4v) is 10.8. The van der Waals surface area contributed by atoms with Crippen LogP contribution in [0.3, 0.4) is 0 Å². The Hall–Kier alpha value is -6.13. The van der Waals surface area contributed by atoms with Crippen LogP contribution in [0.15, 0.2) is 12.2 Å². The van der Waals surface area contributed by atoms with Gasteiger partial charge in [-0.3, -0.25) is 52.7 Å².